The van der Waals surface area contributed by atoms with E-state index in [2.05, 4.69) is 34.4 Å². The highest BCUT2D eigenvalue weighted by atomic mass is 31.1. The van der Waals surface area contributed by atoms with Gasteiger partial charge in [-0.25, -0.2) is 0 Å². The third-order valence-electron chi connectivity index (χ3n) is 2.80. The molecule has 1 rings (SSSR count). The third kappa shape index (κ3) is 0.765. The van der Waals surface area contributed by atoms with Crippen LogP contribution in [0, 0.1) is 0 Å². The minimum Gasteiger partial charge on any atom is -0.0733 e. The summed E-state index contributed by atoms with van der Waals surface area (Å²) < 4.78 is 0. The largest absolute Gasteiger partial charge is 0.0733 e. The van der Waals surface area contributed by atoms with Crippen LogP contribution in [0.1, 0.15) is 27.7 Å². The number of allylic oxidation sites excluding steroid dienone is 2. The van der Waals surface area contributed by atoms with Crippen LogP contribution >= 0.6 is 7.92 Å². The van der Waals surface area contributed by atoms with Crippen molar-refractivity contribution in [3.8, 4) is 0 Å². The molecule has 1 aliphatic heterocycles. The highest BCUT2D eigenvalue weighted by Crippen LogP contribution is 2.66. The molecular formula is C8H15P. The van der Waals surface area contributed by atoms with Crippen molar-refractivity contribution in [3.05, 3.63) is 10.9 Å². The van der Waals surface area contributed by atoms with E-state index in [0.717, 1.165) is 0 Å². The molecule has 0 amide bonds. The number of hydrogen-bond acceptors (Lipinski definition) is 0. The van der Waals surface area contributed by atoms with E-state index in [9.17, 15) is 0 Å². The zero-order valence-corrected chi connectivity index (χ0v) is 7.84. The van der Waals surface area contributed by atoms with Crippen molar-refractivity contribution < 1.29 is 0 Å². The molecule has 1 unspecified atom stereocenters. The van der Waals surface area contributed by atoms with Crippen molar-refractivity contribution in [1.82, 2.24) is 0 Å². The standard InChI is InChI=1S/C8H15P/c1-6-7(2)9(5)8(6,3)4/h1-5H3. The molecule has 1 heterocycles. The quantitative estimate of drug-likeness (QED) is 0.456. The predicted molar refractivity (Wildman–Crippen MR) is 45.3 cm³/mol. The molecule has 0 spiro atoms. The summed E-state index contributed by atoms with van der Waals surface area (Å²) in [6.07, 6.45) is 0. The van der Waals surface area contributed by atoms with Crippen LogP contribution in [0.3, 0.4) is 0 Å². The lowest BCUT2D eigenvalue weighted by Gasteiger charge is -2.45. The monoisotopic (exact) mass is 142 g/mol. The molecule has 0 bridgehead atoms. The van der Waals surface area contributed by atoms with Gasteiger partial charge < -0.3 is 0 Å². The minimum atomic E-state index is 0.218. The molecule has 9 heavy (non-hydrogen) atoms. The maximum absolute atomic E-state index is 2.37. The van der Waals surface area contributed by atoms with E-state index < -0.39 is 0 Å². The third-order valence-corrected chi connectivity index (χ3v) is 6.16. The topological polar surface area (TPSA) is 0 Å². The molecule has 52 valence electrons. The molecule has 1 atom stereocenters. The molecule has 0 saturated heterocycles. The van der Waals surface area contributed by atoms with E-state index in [1.807, 2.05) is 0 Å². The zero-order valence-electron chi connectivity index (χ0n) is 6.95. The van der Waals surface area contributed by atoms with E-state index in [1.54, 1.807) is 10.9 Å². The van der Waals surface area contributed by atoms with E-state index in [0.29, 0.717) is 5.16 Å². The van der Waals surface area contributed by atoms with Crippen molar-refractivity contribution in [2.75, 3.05) is 6.66 Å². The summed E-state index contributed by atoms with van der Waals surface area (Å²) in [6.45, 7) is 11.6. The molecule has 0 aromatic heterocycles. The SMILES string of the molecule is CC1=C(C)C(C)(C)P1C. The average Bonchev–Trinajstić information content (AvgIpc) is 1.84. The normalized spacial score (nSPS) is 32.3. The molecule has 1 heteroatoms. The molecule has 0 nitrogen and oxygen atoms in total. The average molecular weight is 142 g/mol. The van der Waals surface area contributed by atoms with E-state index in [4.69, 9.17) is 0 Å². The smallest absolute Gasteiger partial charge is 0.00950 e. The lowest BCUT2D eigenvalue weighted by Crippen LogP contribution is -2.28. The first-order valence-electron chi connectivity index (χ1n) is 3.39. The predicted octanol–water partition coefficient (Wildman–Crippen LogP) is 3.18. The second-order valence-corrected chi connectivity index (χ2v) is 6.24. The second-order valence-electron chi connectivity index (χ2n) is 3.33. The summed E-state index contributed by atoms with van der Waals surface area (Å²) in [5, 5.41) is 2.22. The Morgan fingerprint density at radius 1 is 1.22 bits per heavy atom. The van der Waals surface area contributed by atoms with Gasteiger partial charge in [0, 0.05) is 5.16 Å². The Morgan fingerprint density at radius 2 is 1.67 bits per heavy atom. The first-order valence-corrected chi connectivity index (χ1v) is 5.18. The van der Waals surface area contributed by atoms with Crippen LogP contribution in [0.15, 0.2) is 10.9 Å². The Morgan fingerprint density at radius 3 is 1.78 bits per heavy atom. The van der Waals surface area contributed by atoms with E-state index in [-0.39, 0.29) is 7.92 Å². The molecule has 0 fully saturated rings. The zero-order chi connectivity index (χ0) is 7.23. The van der Waals surface area contributed by atoms with E-state index >= 15 is 0 Å². The Balaban J connectivity index is 2.92. The van der Waals surface area contributed by atoms with Gasteiger partial charge >= 0.3 is 0 Å². The van der Waals surface area contributed by atoms with Crippen LogP contribution in [-0.4, -0.2) is 11.8 Å². The fraction of sp³-hybridized carbons (Fsp3) is 0.750. The van der Waals surface area contributed by atoms with Crippen LogP contribution in [-0.2, 0) is 0 Å². The molecule has 1 aliphatic rings. The first kappa shape index (κ1) is 7.28. The van der Waals surface area contributed by atoms with Gasteiger partial charge in [-0.3, -0.25) is 0 Å². The Hall–Kier alpha value is 0.170. The van der Waals surface area contributed by atoms with Gasteiger partial charge in [0.05, 0.1) is 0 Å². The lowest BCUT2D eigenvalue weighted by atomic mass is 10.0. The maximum atomic E-state index is 2.37. The lowest BCUT2D eigenvalue weighted by molar-refractivity contribution is 0.782. The molecule has 0 aromatic carbocycles. The Kier molecular flexibility index (Phi) is 1.48. The summed E-state index contributed by atoms with van der Waals surface area (Å²) >= 11 is 0. The summed E-state index contributed by atoms with van der Waals surface area (Å²) in [6, 6.07) is 0. The van der Waals surface area contributed by atoms with Crippen LogP contribution in [0.2, 0.25) is 0 Å². The van der Waals surface area contributed by atoms with Crippen LogP contribution in [0.25, 0.3) is 0 Å². The highest BCUT2D eigenvalue weighted by Gasteiger charge is 2.38. The first-order chi connectivity index (χ1) is 3.98. The van der Waals surface area contributed by atoms with Crippen LogP contribution < -0.4 is 0 Å². The van der Waals surface area contributed by atoms with Gasteiger partial charge in [0.15, 0.2) is 0 Å². The van der Waals surface area contributed by atoms with Gasteiger partial charge in [-0.1, -0.05) is 27.3 Å². The highest BCUT2D eigenvalue weighted by molar-refractivity contribution is 7.65. The summed E-state index contributed by atoms with van der Waals surface area (Å²) in [5.74, 6) is 0. The fourth-order valence-corrected chi connectivity index (χ4v) is 3.44. The van der Waals surface area contributed by atoms with Gasteiger partial charge in [-0.15, -0.1) is 0 Å². The van der Waals surface area contributed by atoms with E-state index in [1.165, 1.54) is 0 Å². The summed E-state index contributed by atoms with van der Waals surface area (Å²) in [5.41, 5.74) is 1.62. The van der Waals surface area contributed by atoms with Gasteiger partial charge in [-0.05, 0) is 25.8 Å². The minimum absolute atomic E-state index is 0.218. The molecule has 0 N–H and O–H groups in total. The molecule has 0 aliphatic carbocycles. The Labute approximate surface area is 59.1 Å². The van der Waals surface area contributed by atoms with Crippen molar-refractivity contribution in [1.29, 1.82) is 0 Å². The molecule has 0 aromatic rings. The summed E-state index contributed by atoms with van der Waals surface area (Å²) in [7, 11) is 0.218. The van der Waals surface area contributed by atoms with Gasteiger partial charge in [0.1, 0.15) is 0 Å². The molecule has 0 radical (unpaired) electrons. The van der Waals surface area contributed by atoms with Crippen molar-refractivity contribution >= 4 is 7.92 Å². The number of rotatable bonds is 0. The van der Waals surface area contributed by atoms with Crippen molar-refractivity contribution in [2.24, 2.45) is 0 Å². The maximum Gasteiger partial charge on any atom is 0.00950 e. The van der Waals surface area contributed by atoms with Crippen LogP contribution in [0.4, 0.5) is 0 Å². The molecule has 0 saturated carbocycles. The second kappa shape index (κ2) is 1.83. The Bertz CT molecular complexity index is 165. The van der Waals surface area contributed by atoms with Crippen molar-refractivity contribution in [2.45, 2.75) is 32.9 Å². The molecular weight excluding hydrogens is 127 g/mol. The van der Waals surface area contributed by atoms with Crippen molar-refractivity contribution in [3.63, 3.8) is 0 Å². The number of hydrogen-bond donors (Lipinski definition) is 0. The van der Waals surface area contributed by atoms with Gasteiger partial charge in [0.25, 0.3) is 0 Å². The van der Waals surface area contributed by atoms with Gasteiger partial charge in [-0.2, -0.15) is 0 Å². The van der Waals surface area contributed by atoms with Gasteiger partial charge in [0.2, 0.25) is 0 Å². The summed E-state index contributed by atoms with van der Waals surface area (Å²) in [4.78, 5) is 0. The van der Waals surface area contributed by atoms with Crippen LogP contribution in [0.5, 0.6) is 0 Å². The fourth-order valence-electron chi connectivity index (χ4n) is 1.31.